The molecule has 1 aliphatic heterocycles. The molecule has 2 heterocycles. The largest absolute Gasteiger partial charge is 0.325 e. The normalized spacial score (nSPS) is 12.7. The topological polar surface area (TPSA) is 62.3 Å². The van der Waals surface area contributed by atoms with Gasteiger partial charge in [0.15, 0.2) is 0 Å². The lowest BCUT2D eigenvalue weighted by atomic mass is 10.1. The van der Waals surface area contributed by atoms with E-state index in [1.807, 2.05) is 37.3 Å². The average molecular weight is 406 g/mol. The highest BCUT2D eigenvalue weighted by Crippen LogP contribution is 2.34. The fraction of sp³-hybridized carbons (Fsp3) is 0.261. The first-order chi connectivity index (χ1) is 13.9. The van der Waals surface area contributed by atoms with E-state index < -0.39 is 0 Å². The third-order valence-electron chi connectivity index (χ3n) is 5.13. The molecule has 0 aliphatic carbocycles. The van der Waals surface area contributed by atoms with Crippen molar-refractivity contribution in [3.8, 4) is 11.3 Å². The van der Waals surface area contributed by atoms with Gasteiger partial charge in [-0.3, -0.25) is 9.59 Å². The smallest absolute Gasteiger partial charge is 0.229 e. The first-order valence-corrected chi connectivity index (χ1v) is 10.5. The van der Waals surface area contributed by atoms with Gasteiger partial charge in [0.2, 0.25) is 11.8 Å². The molecule has 0 spiro atoms. The number of benzene rings is 2. The minimum absolute atomic E-state index is 0.0232. The van der Waals surface area contributed by atoms with Crippen LogP contribution < -0.4 is 10.2 Å². The molecule has 1 aromatic heterocycles. The van der Waals surface area contributed by atoms with Crippen molar-refractivity contribution in [2.75, 3.05) is 16.8 Å². The van der Waals surface area contributed by atoms with E-state index in [1.54, 1.807) is 23.2 Å². The second-order valence-corrected chi connectivity index (χ2v) is 8.61. The van der Waals surface area contributed by atoms with Crippen LogP contribution in [0, 0.1) is 13.8 Å². The summed E-state index contributed by atoms with van der Waals surface area (Å²) >= 11 is 1.56. The lowest BCUT2D eigenvalue weighted by molar-refractivity contribution is -0.116. The van der Waals surface area contributed by atoms with Crippen LogP contribution in [0.15, 0.2) is 42.5 Å². The molecule has 0 unspecified atom stereocenters. The number of nitrogens with zero attached hydrogens (tertiary/aromatic N) is 2. The van der Waals surface area contributed by atoms with Crippen molar-refractivity contribution in [2.24, 2.45) is 0 Å². The summed E-state index contributed by atoms with van der Waals surface area (Å²) in [6.45, 7) is 6.24. The van der Waals surface area contributed by atoms with Gasteiger partial charge in [0, 0.05) is 40.8 Å². The van der Waals surface area contributed by atoms with Crippen molar-refractivity contribution in [1.82, 2.24) is 4.98 Å². The average Bonchev–Trinajstić information content (AvgIpc) is 3.26. The Morgan fingerprint density at radius 2 is 1.90 bits per heavy atom. The van der Waals surface area contributed by atoms with Crippen LogP contribution in [0.3, 0.4) is 0 Å². The summed E-state index contributed by atoms with van der Waals surface area (Å²) in [7, 11) is 0. The summed E-state index contributed by atoms with van der Waals surface area (Å²) in [4.78, 5) is 32.0. The quantitative estimate of drug-likeness (QED) is 0.694. The second-order valence-electron chi connectivity index (χ2n) is 7.32. The number of hydrogen-bond donors (Lipinski definition) is 1. The molecule has 1 N–H and O–H groups in total. The number of hydrogen-bond acceptors (Lipinski definition) is 4. The number of anilines is 2. The molecule has 0 fully saturated rings. The molecule has 1 aliphatic rings. The van der Waals surface area contributed by atoms with Crippen molar-refractivity contribution < 1.29 is 9.59 Å². The Labute approximate surface area is 174 Å². The van der Waals surface area contributed by atoms with E-state index in [4.69, 9.17) is 0 Å². The Hall–Kier alpha value is -2.99. The molecule has 0 bridgehead atoms. The summed E-state index contributed by atoms with van der Waals surface area (Å²) < 4.78 is 0. The Balaban J connectivity index is 1.55. The molecule has 2 amide bonds. The number of aryl methyl sites for hydroxylation is 2. The van der Waals surface area contributed by atoms with E-state index in [-0.39, 0.29) is 18.2 Å². The molecule has 29 heavy (non-hydrogen) atoms. The molecule has 0 atom stereocenters. The Morgan fingerprint density at radius 3 is 2.62 bits per heavy atom. The molecule has 0 saturated heterocycles. The van der Waals surface area contributed by atoms with Gasteiger partial charge in [0.25, 0.3) is 0 Å². The Morgan fingerprint density at radius 1 is 1.14 bits per heavy atom. The van der Waals surface area contributed by atoms with E-state index in [9.17, 15) is 9.59 Å². The van der Waals surface area contributed by atoms with Gasteiger partial charge in [0.1, 0.15) is 0 Å². The summed E-state index contributed by atoms with van der Waals surface area (Å²) in [6.07, 6.45) is 1.02. The van der Waals surface area contributed by atoms with Crippen LogP contribution >= 0.6 is 11.3 Å². The van der Waals surface area contributed by atoms with Crippen molar-refractivity contribution in [3.05, 3.63) is 63.5 Å². The molecule has 3 aromatic rings. The SMILES string of the molecule is CC(=O)N1CCc2c(NC(=O)Cc3sc(C)nc3-c3ccc(C)cc3)cccc21. The predicted molar refractivity (Wildman–Crippen MR) is 118 cm³/mol. The second kappa shape index (κ2) is 7.79. The van der Waals surface area contributed by atoms with E-state index >= 15 is 0 Å². The van der Waals surface area contributed by atoms with Gasteiger partial charge in [-0.05, 0) is 32.4 Å². The zero-order valence-corrected chi connectivity index (χ0v) is 17.6. The summed E-state index contributed by atoms with van der Waals surface area (Å²) in [5.74, 6) is -0.0493. The number of aromatic nitrogens is 1. The number of thiazole rings is 1. The van der Waals surface area contributed by atoms with Crippen LogP contribution in [0.1, 0.15) is 27.9 Å². The maximum absolute atomic E-state index is 12.8. The molecule has 148 valence electrons. The lowest BCUT2D eigenvalue weighted by Crippen LogP contribution is -2.25. The zero-order valence-electron chi connectivity index (χ0n) is 16.8. The number of fused-ring (bicyclic) bond motifs is 1. The van der Waals surface area contributed by atoms with Crippen molar-refractivity contribution in [1.29, 1.82) is 0 Å². The Kier molecular flexibility index (Phi) is 5.20. The van der Waals surface area contributed by atoms with Gasteiger partial charge >= 0.3 is 0 Å². The first kappa shape index (κ1) is 19.3. The minimum atomic E-state index is -0.0725. The fourth-order valence-corrected chi connectivity index (χ4v) is 4.70. The van der Waals surface area contributed by atoms with Gasteiger partial charge in [-0.25, -0.2) is 4.98 Å². The fourth-order valence-electron chi connectivity index (χ4n) is 3.74. The van der Waals surface area contributed by atoms with Crippen molar-refractivity contribution >= 4 is 34.5 Å². The summed E-state index contributed by atoms with van der Waals surface area (Å²) in [5, 5.41) is 3.99. The van der Waals surface area contributed by atoms with Gasteiger partial charge in [0.05, 0.1) is 17.1 Å². The molecule has 4 rings (SSSR count). The standard InChI is InChI=1S/C23H23N3O2S/c1-14-7-9-17(10-8-14)23-21(29-15(2)24-23)13-22(28)25-19-5-4-6-20-18(19)11-12-26(20)16(3)27/h4-10H,11-13H2,1-3H3,(H,25,28). The maximum atomic E-state index is 12.8. The number of nitrogens with one attached hydrogen (secondary N) is 1. The summed E-state index contributed by atoms with van der Waals surface area (Å²) in [6, 6.07) is 13.9. The minimum Gasteiger partial charge on any atom is -0.325 e. The van der Waals surface area contributed by atoms with Crippen LogP contribution in [0.25, 0.3) is 11.3 Å². The van der Waals surface area contributed by atoms with E-state index in [0.717, 1.165) is 44.5 Å². The van der Waals surface area contributed by atoms with Crippen LogP contribution in [-0.2, 0) is 22.4 Å². The van der Waals surface area contributed by atoms with Gasteiger partial charge in [-0.15, -0.1) is 11.3 Å². The monoisotopic (exact) mass is 405 g/mol. The molecule has 2 aromatic carbocycles. The Bertz CT molecular complexity index is 1090. The molecule has 5 nitrogen and oxygen atoms in total. The maximum Gasteiger partial charge on any atom is 0.229 e. The molecular weight excluding hydrogens is 382 g/mol. The molecule has 0 radical (unpaired) electrons. The van der Waals surface area contributed by atoms with Crippen molar-refractivity contribution in [2.45, 2.75) is 33.6 Å². The third-order valence-corrected chi connectivity index (χ3v) is 6.10. The van der Waals surface area contributed by atoms with E-state index in [1.165, 1.54) is 5.56 Å². The number of amides is 2. The van der Waals surface area contributed by atoms with Crippen LogP contribution in [0.4, 0.5) is 11.4 Å². The van der Waals surface area contributed by atoms with Crippen molar-refractivity contribution in [3.63, 3.8) is 0 Å². The predicted octanol–water partition coefficient (Wildman–Crippen LogP) is 4.52. The third kappa shape index (κ3) is 3.93. The van der Waals surface area contributed by atoms with Gasteiger partial charge < -0.3 is 10.2 Å². The van der Waals surface area contributed by atoms with Gasteiger partial charge in [-0.2, -0.15) is 0 Å². The highest BCUT2D eigenvalue weighted by atomic mass is 32.1. The highest BCUT2D eigenvalue weighted by molar-refractivity contribution is 7.12. The van der Waals surface area contributed by atoms with Gasteiger partial charge in [-0.1, -0.05) is 35.9 Å². The first-order valence-electron chi connectivity index (χ1n) is 9.65. The van der Waals surface area contributed by atoms with Crippen LogP contribution in [0.5, 0.6) is 0 Å². The summed E-state index contributed by atoms with van der Waals surface area (Å²) in [5.41, 5.74) is 5.80. The number of carbonyl (C=O) groups is 2. The lowest BCUT2D eigenvalue weighted by Gasteiger charge is -2.15. The van der Waals surface area contributed by atoms with Crippen LogP contribution in [-0.4, -0.2) is 23.3 Å². The highest BCUT2D eigenvalue weighted by Gasteiger charge is 2.25. The number of carbonyl (C=O) groups excluding carboxylic acids is 2. The van der Waals surface area contributed by atoms with E-state index in [2.05, 4.69) is 29.4 Å². The van der Waals surface area contributed by atoms with E-state index in [0.29, 0.717) is 6.54 Å². The van der Waals surface area contributed by atoms with Crippen LogP contribution in [0.2, 0.25) is 0 Å². The molecule has 6 heteroatoms. The zero-order chi connectivity index (χ0) is 20.5. The molecular formula is C23H23N3O2S. The molecule has 0 saturated carbocycles. The number of rotatable bonds is 4.